The topological polar surface area (TPSA) is 94.5 Å². The zero-order valence-electron chi connectivity index (χ0n) is 20.1. The smallest absolute Gasteiger partial charge is 0.220 e. The lowest BCUT2D eigenvalue weighted by atomic mass is 9.47. The number of hydrogen-bond donors (Lipinski definition) is 4. The van der Waals surface area contributed by atoms with Crippen LogP contribution in [-0.2, 0) is 17.8 Å². The van der Waals surface area contributed by atoms with E-state index in [-0.39, 0.29) is 42.7 Å². The number of aromatic nitrogens is 1. The highest BCUT2D eigenvalue weighted by molar-refractivity contribution is 7.15. The molecular formula is C26H33F2N3O3S. The number of carbonyl (C=O) groups excluding carboxylic acids is 1. The highest BCUT2D eigenvalue weighted by Gasteiger charge is 2.59. The molecule has 2 aromatic rings. The number of anilines is 1. The van der Waals surface area contributed by atoms with Crippen molar-refractivity contribution in [3.8, 4) is 0 Å². The van der Waals surface area contributed by atoms with Crippen LogP contribution in [0, 0.1) is 28.4 Å². The van der Waals surface area contributed by atoms with E-state index >= 15 is 0 Å². The molecule has 4 N–H and O–H groups in total. The summed E-state index contributed by atoms with van der Waals surface area (Å²) in [5.41, 5.74) is 0.166. The lowest BCUT2D eigenvalue weighted by molar-refractivity contribution is -0.144. The highest BCUT2D eigenvalue weighted by Crippen LogP contribution is 2.62. The Kier molecular flexibility index (Phi) is 7.31. The fourth-order valence-electron chi connectivity index (χ4n) is 6.05. The number of halogens is 2. The van der Waals surface area contributed by atoms with E-state index < -0.39 is 23.2 Å². The predicted molar refractivity (Wildman–Crippen MR) is 132 cm³/mol. The summed E-state index contributed by atoms with van der Waals surface area (Å²) in [6, 6.07) is 3.20. The Morgan fingerprint density at radius 2 is 2.03 bits per heavy atom. The zero-order valence-corrected chi connectivity index (χ0v) is 20.9. The minimum atomic E-state index is -0.697. The number of carbonyl (C=O) groups is 1. The molecule has 0 unspecified atom stereocenters. The van der Waals surface area contributed by atoms with Crippen LogP contribution in [0.25, 0.3) is 0 Å². The second-order valence-corrected chi connectivity index (χ2v) is 11.4. The Morgan fingerprint density at radius 3 is 2.69 bits per heavy atom. The van der Waals surface area contributed by atoms with E-state index in [9.17, 15) is 23.8 Å². The van der Waals surface area contributed by atoms with Gasteiger partial charge >= 0.3 is 0 Å². The van der Waals surface area contributed by atoms with Gasteiger partial charge < -0.3 is 20.8 Å². The van der Waals surface area contributed by atoms with E-state index in [4.69, 9.17) is 4.98 Å². The normalized spacial score (nSPS) is 29.7. The monoisotopic (exact) mass is 505 g/mol. The molecule has 1 heterocycles. The molecule has 0 saturated heterocycles. The van der Waals surface area contributed by atoms with E-state index in [1.165, 1.54) is 23.5 Å². The van der Waals surface area contributed by atoms with Gasteiger partial charge in [-0.2, -0.15) is 0 Å². The largest absolute Gasteiger partial charge is 0.396 e. The maximum atomic E-state index is 13.5. The lowest BCUT2D eigenvalue weighted by Gasteiger charge is -2.58. The Morgan fingerprint density at radius 1 is 1.31 bits per heavy atom. The molecule has 5 atom stereocenters. The molecule has 0 spiro atoms. The summed E-state index contributed by atoms with van der Waals surface area (Å²) in [6.45, 7) is 8.24. The standard InChI is InChI=1S/C26H33F2N3O3S/c1-4-7-29-24-31-23-18(11-22(34)30-13-15-8-16(27)10-17(28)9-15)25(2)6-5-21(33)26(3,14-32)20(25)12-19(23)35-24/h4,8-10,18,20-21,32-33H,1,5-7,11-14H2,2-3H3,(H,29,31)(H,30,34)/t18-,20+,21-,25+,26+/m1/s1. The van der Waals surface area contributed by atoms with Crippen LogP contribution in [0.2, 0.25) is 0 Å². The molecule has 2 aliphatic rings. The summed E-state index contributed by atoms with van der Waals surface area (Å²) in [5.74, 6) is -1.88. The molecule has 2 aliphatic carbocycles. The van der Waals surface area contributed by atoms with Gasteiger partial charge in [-0.3, -0.25) is 4.79 Å². The molecule has 1 amide bonds. The first-order chi connectivity index (χ1) is 16.6. The van der Waals surface area contributed by atoms with Crippen LogP contribution in [0.4, 0.5) is 13.9 Å². The van der Waals surface area contributed by atoms with Crippen molar-refractivity contribution in [1.29, 1.82) is 0 Å². The van der Waals surface area contributed by atoms with Gasteiger partial charge in [0.15, 0.2) is 5.13 Å². The van der Waals surface area contributed by atoms with E-state index in [1.54, 1.807) is 6.08 Å². The van der Waals surface area contributed by atoms with Crippen LogP contribution >= 0.6 is 11.3 Å². The summed E-state index contributed by atoms with van der Waals surface area (Å²) in [4.78, 5) is 19.0. The van der Waals surface area contributed by atoms with Gasteiger partial charge in [0.25, 0.3) is 0 Å². The summed E-state index contributed by atoms with van der Waals surface area (Å²) in [6.07, 6.45) is 3.19. The van der Waals surface area contributed by atoms with Crippen LogP contribution in [0.3, 0.4) is 0 Å². The van der Waals surface area contributed by atoms with Crippen molar-refractivity contribution < 1.29 is 23.8 Å². The highest BCUT2D eigenvalue weighted by atomic mass is 32.1. The van der Waals surface area contributed by atoms with E-state index in [0.29, 0.717) is 31.4 Å². The molecule has 1 aromatic carbocycles. The Labute approximate surface area is 208 Å². The van der Waals surface area contributed by atoms with Gasteiger partial charge in [0, 0.05) is 41.8 Å². The summed E-state index contributed by atoms with van der Waals surface area (Å²) < 4.78 is 27.1. The maximum Gasteiger partial charge on any atom is 0.220 e. The maximum absolute atomic E-state index is 13.5. The van der Waals surface area contributed by atoms with Crippen LogP contribution < -0.4 is 10.6 Å². The summed E-state index contributed by atoms with van der Waals surface area (Å²) in [5, 5.41) is 28.0. The number of nitrogens with one attached hydrogen (secondary N) is 2. The minimum absolute atomic E-state index is 0.0174. The molecule has 4 rings (SSSR count). The van der Waals surface area contributed by atoms with Gasteiger partial charge in [-0.1, -0.05) is 19.9 Å². The molecule has 6 nitrogen and oxygen atoms in total. The van der Waals surface area contributed by atoms with Crippen molar-refractivity contribution in [2.45, 2.75) is 58.1 Å². The number of amides is 1. The van der Waals surface area contributed by atoms with E-state index in [2.05, 4.69) is 24.1 Å². The minimum Gasteiger partial charge on any atom is -0.396 e. The average Bonchev–Trinajstić information content (AvgIpc) is 3.22. The van der Waals surface area contributed by atoms with Crippen molar-refractivity contribution in [1.82, 2.24) is 10.3 Å². The van der Waals surface area contributed by atoms with Crippen molar-refractivity contribution in [3.63, 3.8) is 0 Å². The van der Waals surface area contributed by atoms with Gasteiger partial charge in [0.2, 0.25) is 5.91 Å². The third-order valence-corrected chi connectivity index (χ3v) is 9.14. The quantitative estimate of drug-likeness (QED) is 0.405. The van der Waals surface area contributed by atoms with Gasteiger partial charge in [-0.15, -0.1) is 17.9 Å². The van der Waals surface area contributed by atoms with Gasteiger partial charge in [-0.25, -0.2) is 13.8 Å². The van der Waals surface area contributed by atoms with Crippen molar-refractivity contribution in [2.75, 3.05) is 18.5 Å². The van der Waals surface area contributed by atoms with Crippen molar-refractivity contribution in [3.05, 3.63) is 58.6 Å². The Hall–Kier alpha value is -2.36. The lowest BCUT2D eigenvalue weighted by Crippen LogP contribution is -2.57. The molecule has 9 heteroatoms. The number of rotatable bonds is 8. The first kappa shape index (κ1) is 25.7. The van der Waals surface area contributed by atoms with Gasteiger partial charge in [-0.05, 0) is 48.3 Å². The van der Waals surface area contributed by atoms with Crippen molar-refractivity contribution in [2.24, 2.45) is 16.7 Å². The molecule has 1 aromatic heterocycles. The SMILES string of the molecule is C=CCNc1nc2c(s1)C[C@@H]1[C@](C)(CO)[C@H](O)CC[C@@]1(C)[C@@H]2CC(=O)NCc1cc(F)cc(F)c1. The number of fused-ring (bicyclic) bond motifs is 2. The molecule has 0 radical (unpaired) electrons. The number of benzene rings is 1. The average molecular weight is 506 g/mol. The molecule has 1 saturated carbocycles. The number of aliphatic hydroxyl groups excluding tert-OH is 2. The predicted octanol–water partition coefficient (Wildman–Crippen LogP) is 4.14. The Bertz CT molecular complexity index is 1090. The fraction of sp³-hybridized carbons (Fsp3) is 0.538. The third-order valence-electron chi connectivity index (χ3n) is 8.09. The molecule has 35 heavy (non-hydrogen) atoms. The molecule has 0 aliphatic heterocycles. The fourth-order valence-corrected chi connectivity index (χ4v) is 7.13. The summed E-state index contributed by atoms with van der Waals surface area (Å²) >= 11 is 1.54. The van der Waals surface area contributed by atoms with Gasteiger partial charge in [0.1, 0.15) is 11.6 Å². The third kappa shape index (κ3) is 4.86. The number of nitrogens with zero attached hydrogens (tertiary/aromatic N) is 1. The molecule has 1 fully saturated rings. The molecule has 0 bridgehead atoms. The van der Waals surface area contributed by atoms with Crippen LogP contribution in [-0.4, -0.2) is 40.4 Å². The van der Waals surface area contributed by atoms with E-state index in [0.717, 1.165) is 21.8 Å². The summed E-state index contributed by atoms with van der Waals surface area (Å²) in [7, 11) is 0. The van der Waals surface area contributed by atoms with Crippen LogP contribution in [0.1, 0.15) is 55.2 Å². The number of thiazole rings is 1. The zero-order chi connectivity index (χ0) is 25.4. The van der Waals surface area contributed by atoms with Crippen LogP contribution in [0.15, 0.2) is 30.9 Å². The molecule has 190 valence electrons. The second kappa shape index (κ2) is 9.95. The Balaban J connectivity index is 1.63. The first-order valence-corrected chi connectivity index (χ1v) is 12.8. The van der Waals surface area contributed by atoms with E-state index in [1.807, 2.05) is 6.92 Å². The van der Waals surface area contributed by atoms with Gasteiger partial charge in [0.05, 0.1) is 18.4 Å². The number of aliphatic hydroxyl groups is 2. The first-order valence-electron chi connectivity index (χ1n) is 12.0. The van der Waals surface area contributed by atoms with Crippen LogP contribution in [0.5, 0.6) is 0 Å². The molecular weight excluding hydrogens is 472 g/mol. The number of hydrogen-bond acceptors (Lipinski definition) is 6. The van der Waals surface area contributed by atoms with Crippen molar-refractivity contribution >= 4 is 22.4 Å². The second-order valence-electron chi connectivity index (χ2n) is 10.3.